The van der Waals surface area contributed by atoms with Crippen molar-refractivity contribution in [1.82, 2.24) is 9.88 Å². The molecule has 3 rings (SSSR count). The lowest BCUT2D eigenvalue weighted by atomic mass is 10.2. The number of ether oxygens (including phenoxy) is 1. The summed E-state index contributed by atoms with van der Waals surface area (Å²) in [6, 6.07) is 5.40. The first-order valence-corrected chi connectivity index (χ1v) is 7.95. The van der Waals surface area contributed by atoms with E-state index >= 15 is 0 Å². The van der Waals surface area contributed by atoms with E-state index in [0.29, 0.717) is 6.20 Å². The number of benzene rings is 1. The highest BCUT2D eigenvalue weighted by Gasteiger charge is 2.34. The Kier molecular flexibility index (Phi) is 5.09. The summed E-state index contributed by atoms with van der Waals surface area (Å²) >= 11 is 0. The van der Waals surface area contributed by atoms with Crippen LogP contribution in [0.25, 0.3) is 0 Å². The molecule has 11 heteroatoms. The quantitative estimate of drug-likeness (QED) is 0.770. The maximum Gasteiger partial charge on any atom is 0.417 e. The van der Waals surface area contributed by atoms with Crippen LogP contribution >= 0.6 is 0 Å². The van der Waals surface area contributed by atoms with Crippen molar-refractivity contribution in [1.29, 1.82) is 0 Å². The molecule has 1 aromatic heterocycles. The number of alkyl halides is 6. The molecule has 150 valence electrons. The van der Waals surface area contributed by atoms with Crippen LogP contribution < -0.4 is 10.1 Å². The molecule has 2 heterocycles. The van der Waals surface area contributed by atoms with Gasteiger partial charge >= 0.3 is 18.4 Å². The highest BCUT2D eigenvalue weighted by molar-refractivity contribution is 5.89. The molecule has 2 aromatic rings. The largest absolute Gasteiger partial charge is 0.471 e. The summed E-state index contributed by atoms with van der Waals surface area (Å²) in [6.07, 6.45) is -8.74. The Morgan fingerprint density at radius 3 is 2.04 bits per heavy atom. The number of nitrogens with zero attached hydrogens (tertiary/aromatic N) is 2. The predicted octanol–water partition coefficient (Wildman–Crippen LogP) is 4.41. The second kappa shape index (κ2) is 7.21. The molecule has 1 fully saturated rings. The van der Waals surface area contributed by atoms with Gasteiger partial charge in [-0.1, -0.05) is 0 Å². The standard InChI is InChI=1S/C17H13F6N3O2/c18-16(19,20)10-1-4-12(5-2-10)25-15(27)26-8-13(9-26)28-14-6-3-11(7-24-14)17(21,22)23/h1-7,13H,8-9H2,(H,25,27). The molecule has 1 aliphatic heterocycles. The van der Waals surface area contributed by atoms with Crippen molar-refractivity contribution in [3.8, 4) is 5.88 Å². The average Bonchev–Trinajstić information content (AvgIpc) is 2.57. The van der Waals surface area contributed by atoms with Crippen LogP contribution in [0.3, 0.4) is 0 Å². The number of carbonyl (C=O) groups is 1. The van der Waals surface area contributed by atoms with Crippen molar-refractivity contribution in [2.24, 2.45) is 0 Å². The number of halogens is 6. The predicted molar refractivity (Wildman–Crippen MR) is 85.7 cm³/mol. The van der Waals surface area contributed by atoms with E-state index in [-0.39, 0.29) is 24.7 Å². The van der Waals surface area contributed by atoms with Gasteiger partial charge in [-0.25, -0.2) is 9.78 Å². The summed E-state index contributed by atoms with van der Waals surface area (Å²) in [5.41, 5.74) is -1.52. The minimum absolute atomic E-state index is 0.000739. The number of carbonyl (C=O) groups excluding carboxylic acids is 1. The normalized spacial score (nSPS) is 15.1. The molecule has 28 heavy (non-hydrogen) atoms. The molecule has 0 bridgehead atoms. The number of nitrogens with one attached hydrogen (secondary N) is 1. The summed E-state index contributed by atoms with van der Waals surface area (Å²) in [5.74, 6) is 0.000739. The number of anilines is 1. The summed E-state index contributed by atoms with van der Waals surface area (Å²) in [4.78, 5) is 16.9. The molecule has 0 unspecified atom stereocenters. The third-order valence-corrected chi connectivity index (χ3v) is 3.95. The van der Waals surface area contributed by atoms with Crippen molar-refractivity contribution < 1.29 is 35.9 Å². The molecule has 0 radical (unpaired) electrons. The Morgan fingerprint density at radius 2 is 1.54 bits per heavy atom. The van der Waals surface area contributed by atoms with Crippen molar-refractivity contribution in [2.45, 2.75) is 18.5 Å². The molecule has 1 N–H and O–H groups in total. The van der Waals surface area contributed by atoms with E-state index in [2.05, 4.69) is 10.3 Å². The second-order valence-electron chi connectivity index (χ2n) is 6.03. The fourth-order valence-electron chi connectivity index (χ4n) is 2.41. The molecule has 0 aliphatic carbocycles. The van der Waals surface area contributed by atoms with Gasteiger partial charge in [-0.2, -0.15) is 26.3 Å². The van der Waals surface area contributed by atoms with Crippen LogP contribution in [0, 0.1) is 0 Å². The third kappa shape index (κ3) is 4.65. The van der Waals surface area contributed by atoms with E-state index in [1.165, 1.54) is 4.90 Å². The Hall–Kier alpha value is -2.98. The summed E-state index contributed by atoms with van der Waals surface area (Å²) in [7, 11) is 0. The molecule has 5 nitrogen and oxygen atoms in total. The lowest BCUT2D eigenvalue weighted by Crippen LogP contribution is -2.57. The Balaban J connectivity index is 1.47. The number of likely N-dealkylation sites (tertiary alicyclic amines) is 1. The Labute approximate surface area is 154 Å². The van der Waals surface area contributed by atoms with Gasteiger partial charge in [0.15, 0.2) is 0 Å². The molecule has 0 spiro atoms. The van der Waals surface area contributed by atoms with Crippen LogP contribution in [0.2, 0.25) is 0 Å². The fraction of sp³-hybridized carbons (Fsp3) is 0.294. The highest BCUT2D eigenvalue weighted by Crippen LogP contribution is 2.31. The zero-order valence-corrected chi connectivity index (χ0v) is 14.0. The number of hydrogen-bond donors (Lipinski definition) is 1. The number of aromatic nitrogens is 1. The molecule has 1 aliphatic rings. The summed E-state index contributed by atoms with van der Waals surface area (Å²) < 4.78 is 80.3. The molecule has 1 saturated heterocycles. The van der Waals surface area contributed by atoms with E-state index < -0.39 is 35.6 Å². The maximum atomic E-state index is 12.5. The van der Waals surface area contributed by atoms with Crippen LogP contribution in [-0.2, 0) is 12.4 Å². The maximum absolute atomic E-state index is 12.5. The van der Waals surface area contributed by atoms with Crippen LogP contribution in [-0.4, -0.2) is 35.1 Å². The molecule has 0 atom stereocenters. The van der Waals surface area contributed by atoms with Gasteiger partial charge in [0.1, 0.15) is 6.10 Å². The van der Waals surface area contributed by atoms with E-state index in [1.807, 2.05) is 0 Å². The van der Waals surface area contributed by atoms with E-state index in [9.17, 15) is 31.1 Å². The summed E-state index contributed by atoms with van der Waals surface area (Å²) in [5, 5.41) is 2.45. The molecule has 2 amide bonds. The lowest BCUT2D eigenvalue weighted by molar-refractivity contribution is -0.138. The smallest absolute Gasteiger partial charge is 0.417 e. The van der Waals surface area contributed by atoms with Gasteiger partial charge < -0.3 is 15.0 Å². The molecule has 1 aromatic carbocycles. The van der Waals surface area contributed by atoms with Crippen molar-refractivity contribution in [3.63, 3.8) is 0 Å². The average molecular weight is 405 g/mol. The van der Waals surface area contributed by atoms with Gasteiger partial charge in [-0.05, 0) is 30.3 Å². The zero-order chi connectivity index (χ0) is 20.5. The topological polar surface area (TPSA) is 54.5 Å². The first-order valence-electron chi connectivity index (χ1n) is 7.95. The van der Waals surface area contributed by atoms with Crippen LogP contribution in [0.15, 0.2) is 42.6 Å². The first kappa shape index (κ1) is 19.8. The minimum Gasteiger partial charge on any atom is -0.471 e. The SMILES string of the molecule is O=C(Nc1ccc(C(F)(F)F)cc1)N1CC(Oc2ccc(C(F)(F)F)cn2)C1. The van der Waals surface area contributed by atoms with Crippen LogP contribution in [0.1, 0.15) is 11.1 Å². The lowest BCUT2D eigenvalue weighted by Gasteiger charge is -2.38. The summed E-state index contributed by atoms with van der Waals surface area (Å²) in [6.45, 7) is 0.324. The van der Waals surface area contributed by atoms with Crippen molar-refractivity contribution >= 4 is 11.7 Å². The van der Waals surface area contributed by atoms with Crippen molar-refractivity contribution in [2.75, 3.05) is 18.4 Å². The van der Waals surface area contributed by atoms with Gasteiger partial charge in [0.25, 0.3) is 0 Å². The van der Waals surface area contributed by atoms with Gasteiger partial charge in [-0.15, -0.1) is 0 Å². The Bertz CT molecular complexity index is 828. The molecular formula is C17H13F6N3O2. The first-order chi connectivity index (χ1) is 13.0. The van der Waals surface area contributed by atoms with E-state index in [0.717, 1.165) is 36.4 Å². The Morgan fingerprint density at radius 1 is 0.964 bits per heavy atom. The van der Waals surface area contributed by atoms with Gasteiger partial charge in [0.05, 0.1) is 24.2 Å². The minimum atomic E-state index is -4.49. The van der Waals surface area contributed by atoms with Gasteiger partial charge in [0, 0.05) is 18.0 Å². The van der Waals surface area contributed by atoms with Gasteiger partial charge in [-0.3, -0.25) is 0 Å². The highest BCUT2D eigenvalue weighted by atomic mass is 19.4. The number of rotatable bonds is 3. The monoisotopic (exact) mass is 405 g/mol. The van der Waals surface area contributed by atoms with Crippen LogP contribution in [0.5, 0.6) is 5.88 Å². The number of amides is 2. The van der Waals surface area contributed by atoms with E-state index in [1.54, 1.807) is 0 Å². The third-order valence-electron chi connectivity index (χ3n) is 3.95. The molecular weight excluding hydrogens is 392 g/mol. The number of hydrogen-bond acceptors (Lipinski definition) is 3. The van der Waals surface area contributed by atoms with Crippen molar-refractivity contribution in [3.05, 3.63) is 53.7 Å². The second-order valence-corrected chi connectivity index (χ2v) is 6.03. The number of pyridine rings is 1. The van der Waals surface area contributed by atoms with E-state index in [4.69, 9.17) is 4.74 Å². The zero-order valence-electron chi connectivity index (χ0n) is 14.0. The molecule has 0 saturated carbocycles. The van der Waals surface area contributed by atoms with Crippen LogP contribution in [0.4, 0.5) is 36.8 Å². The van der Waals surface area contributed by atoms with Gasteiger partial charge in [0.2, 0.25) is 5.88 Å². The fourth-order valence-corrected chi connectivity index (χ4v) is 2.41. The number of urea groups is 1.